The van der Waals surface area contributed by atoms with Gasteiger partial charge in [-0.15, -0.1) is 0 Å². The van der Waals surface area contributed by atoms with Gasteiger partial charge in [0.2, 0.25) is 0 Å². The molecular weight excluding hydrogens is 376 g/mol. The van der Waals surface area contributed by atoms with Crippen LogP contribution in [0.25, 0.3) is 0 Å². The van der Waals surface area contributed by atoms with Gasteiger partial charge in [-0.25, -0.2) is 4.79 Å². The summed E-state index contributed by atoms with van der Waals surface area (Å²) in [5, 5.41) is 14.1. The number of ether oxygens (including phenoxy) is 1. The number of carbonyl (C=O) groups is 4. The SMILES string of the molecule is C[C@H]1CCCC[C@]12NC(=O)N(CC(=O)OCC(=O)Nc1cccc(C#N)c1)C2=O. The molecule has 1 aromatic rings. The molecule has 29 heavy (non-hydrogen) atoms. The average Bonchev–Trinajstić information content (AvgIpc) is 2.94. The minimum atomic E-state index is -0.946. The van der Waals surface area contributed by atoms with Gasteiger partial charge in [0, 0.05) is 5.69 Å². The van der Waals surface area contributed by atoms with Gasteiger partial charge in [-0.05, 0) is 37.0 Å². The van der Waals surface area contributed by atoms with E-state index in [2.05, 4.69) is 10.6 Å². The summed E-state index contributed by atoms with van der Waals surface area (Å²) >= 11 is 0. The lowest BCUT2D eigenvalue weighted by molar-refractivity contribution is -0.150. The van der Waals surface area contributed by atoms with Crippen molar-refractivity contribution in [2.75, 3.05) is 18.5 Å². The number of nitriles is 1. The Morgan fingerprint density at radius 2 is 2.17 bits per heavy atom. The van der Waals surface area contributed by atoms with Crippen LogP contribution < -0.4 is 10.6 Å². The molecule has 2 N–H and O–H groups in total. The molecule has 3 rings (SSSR count). The highest BCUT2D eigenvalue weighted by atomic mass is 16.5. The molecule has 152 valence electrons. The number of hydrogen-bond donors (Lipinski definition) is 2. The summed E-state index contributed by atoms with van der Waals surface area (Å²) in [5.41, 5.74) is -0.171. The van der Waals surface area contributed by atoms with E-state index in [1.165, 1.54) is 6.07 Å². The van der Waals surface area contributed by atoms with Crippen molar-refractivity contribution in [2.24, 2.45) is 5.92 Å². The number of amides is 4. The Morgan fingerprint density at radius 3 is 2.90 bits per heavy atom. The van der Waals surface area contributed by atoms with E-state index < -0.39 is 42.5 Å². The fraction of sp³-hybridized carbons (Fsp3) is 0.450. The van der Waals surface area contributed by atoms with Gasteiger partial charge in [-0.1, -0.05) is 25.8 Å². The van der Waals surface area contributed by atoms with Crippen molar-refractivity contribution in [3.8, 4) is 6.07 Å². The number of anilines is 1. The number of benzene rings is 1. The maximum Gasteiger partial charge on any atom is 0.326 e. The Morgan fingerprint density at radius 1 is 1.38 bits per heavy atom. The second-order valence-electron chi connectivity index (χ2n) is 7.34. The summed E-state index contributed by atoms with van der Waals surface area (Å²) in [6.45, 7) is 0.807. The van der Waals surface area contributed by atoms with Gasteiger partial charge in [0.15, 0.2) is 6.61 Å². The van der Waals surface area contributed by atoms with Crippen LogP contribution in [0.5, 0.6) is 0 Å². The third kappa shape index (κ3) is 4.21. The van der Waals surface area contributed by atoms with E-state index >= 15 is 0 Å². The van der Waals surface area contributed by atoms with E-state index in [9.17, 15) is 19.2 Å². The van der Waals surface area contributed by atoms with Crippen molar-refractivity contribution in [3.05, 3.63) is 29.8 Å². The first-order chi connectivity index (χ1) is 13.9. The number of rotatable bonds is 5. The third-order valence-electron chi connectivity index (χ3n) is 5.43. The maximum atomic E-state index is 12.8. The van der Waals surface area contributed by atoms with Crippen molar-refractivity contribution in [1.82, 2.24) is 10.2 Å². The number of nitrogens with zero attached hydrogens (tertiary/aromatic N) is 2. The van der Waals surface area contributed by atoms with Gasteiger partial charge in [0.25, 0.3) is 11.8 Å². The largest absolute Gasteiger partial charge is 0.454 e. The van der Waals surface area contributed by atoms with Crippen LogP contribution in [-0.2, 0) is 19.1 Å². The quantitative estimate of drug-likeness (QED) is 0.572. The first kappa shape index (κ1) is 20.3. The van der Waals surface area contributed by atoms with Crippen LogP contribution in [0.4, 0.5) is 10.5 Å². The van der Waals surface area contributed by atoms with Crippen LogP contribution in [0.2, 0.25) is 0 Å². The monoisotopic (exact) mass is 398 g/mol. The number of urea groups is 1. The number of carbonyl (C=O) groups excluding carboxylic acids is 4. The molecule has 1 heterocycles. The Kier molecular flexibility index (Phi) is 5.82. The summed E-state index contributed by atoms with van der Waals surface area (Å²) in [5.74, 6) is -1.87. The number of imide groups is 1. The summed E-state index contributed by atoms with van der Waals surface area (Å²) < 4.78 is 4.90. The maximum absolute atomic E-state index is 12.8. The number of nitrogens with one attached hydrogen (secondary N) is 2. The molecular formula is C20H22N4O5. The van der Waals surface area contributed by atoms with Crippen LogP contribution in [0, 0.1) is 17.2 Å². The molecule has 1 aliphatic carbocycles. The molecule has 0 unspecified atom stereocenters. The van der Waals surface area contributed by atoms with Crippen LogP contribution in [0.15, 0.2) is 24.3 Å². The zero-order chi connectivity index (χ0) is 21.0. The zero-order valence-electron chi connectivity index (χ0n) is 16.1. The van der Waals surface area contributed by atoms with Crippen molar-refractivity contribution in [3.63, 3.8) is 0 Å². The Bertz CT molecular complexity index is 893. The Balaban J connectivity index is 1.52. The molecule has 2 aliphatic rings. The highest BCUT2D eigenvalue weighted by molar-refractivity contribution is 6.09. The molecule has 2 fully saturated rings. The van der Waals surface area contributed by atoms with Gasteiger partial charge < -0.3 is 15.4 Å². The molecule has 1 aromatic carbocycles. The van der Waals surface area contributed by atoms with E-state index in [0.29, 0.717) is 17.7 Å². The summed E-state index contributed by atoms with van der Waals surface area (Å²) in [4.78, 5) is 49.9. The van der Waals surface area contributed by atoms with Gasteiger partial charge >= 0.3 is 12.0 Å². The van der Waals surface area contributed by atoms with E-state index in [1.54, 1.807) is 18.2 Å². The molecule has 1 saturated heterocycles. The lowest BCUT2D eigenvalue weighted by Gasteiger charge is -2.36. The van der Waals surface area contributed by atoms with E-state index in [4.69, 9.17) is 10.00 Å². The molecule has 4 amide bonds. The highest BCUT2D eigenvalue weighted by Gasteiger charge is 2.55. The minimum Gasteiger partial charge on any atom is -0.454 e. The lowest BCUT2D eigenvalue weighted by Crippen LogP contribution is -2.54. The van der Waals surface area contributed by atoms with Gasteiger partial charge in [-0.3, -0.25) is 19.3 Å². The summed E-state index contributed by atoms with van der Waals surface area (Å²) in [6, 6.07) is 7.62. The molecule has 1 saturated carbocycles. The third-order valence-corrected chi connectivity index (χ3v) is 5.43. The van der Waals surface area contributed by atoms with E-state index in [0.717, 1.165) is 24.2 Å². The van der Waals surface area contributed by atoms with Gasteiger partial charge in [0.1, 0.15) is 12.1 Å². The van der Waals surface area contributed by atoms with Crippen molar-refractivity contribution < 1.29 is 23.9 Å². The van der Waals surface area contributed by atoms with Crippen molar-refractivity contribution in [1.29, 1.82) is 5.26 Å². The van der Waals surface area contributed by atoms with Crippen molar-refractivity contribution >= 4 is 29.5 Å². The number of esters is 1. The molecule has 0 radical (unpaired) electrons. The molecule has 1 spiro atoms. The van der Waals surface area contributed by atoms with Crippen LogP contribution in [0.3, 0.4) is 0 Å². The molecule has 1 aliphatic heterocycles. The van der Waals surface area contributed by atoms with Crippen LogP contribution >= 0.6 is 0 Å². The summed E-state index contributed by atoms with van der Waals surface area (Å²) in [6.07, 6.45) is 3.22. The van der Waals surface area contributed by atoms with Crippen molar-refractivity contribution in [2.45, 2.75) is 38.1 Å². The van der Waals surface area contributed by atoms with Crippen LogP contribution in [-0.4, -0.2) is 47.4 Å². The molecule has 9 nitrogen and oxygen atoms in total. The van der Waals surface area contributed by atoms with Crippen LogP contribution in [0.1, 0.15) is 38.2 Å². The molecule has 9 heteroatoms. The molecule has 0 aromatic heterocycles. The van der Waals surface area contributed by atoms with E-state index in [-0.39, 0.29) is 5.92 Å². The average molecular weight is 398 g/mol. The molecule has 2 atom stereocenters. The first-order valence-electron chi connectivity index (χ1n) is 9.45. The predicted molar refractivity (Wildman–Crippen MR) is 101 cm³/mol. The fourth-order valence-corrected chi connectivity index (χ4v) is 3.82. The van der Waals surface area contributed by atoms with Gasteiger partial charge in [0.05, 0.1) is 11.6 Å². The standard InChI is InChI=1S/C20H22N4O5/c1-13-5-2-3-8-20(13)18(27)24(19(28)23-20)11-17(26)29-12-16(25)22-15-7-4-6-14(9-15)10-21/h4,6-7,9,13H,2-3,5,8,11-12H2,1H3,(H,22,25)(H,23,28)/t13-,20-/m0/s1. The molecule has 0 bridgehead atoms. The Labute approximate surface area is 168 Å². The topological polar surface area (TPSA) is 129 Å². The normalized spacial score (nSPS) is 23.4. The lowest BCUT2D eigenvalue weighted by atomic mass is 9.73. The predicted octanol–water partition coefficient (Wildman–Crippen LogP) is 1.54. The highest BCUT2D eigenvalue weighted by Crippen LogP contribution is 2.38. The Hall–Kier alpha value is -3.41. The number of hydrogen-bond acceptors (Lipinski definition) is 6. The zero-order valence-corrected chi connectivity index (χ0v) is 16.1. The fourth-order valence-electron chi connectivity index (χ4n) is 3.82. The second kappa shape index (κ2) is 8.31. The minimum absolute atomic E-state index is 0.0105. The first-order valence-corrected chi connectivity index (χ1v) is 9.45. The second-order valence-corrected chi connectivity index (χ2v) is 7.34. The smallest absolute Gasteiger partial charge is 0.326 e. The summed E-state index contributed by atoms with van der Waals surface area (Å²) in [7, 11) is 0. The van der Waals surface area contributed by atoms with Gasteiger partial charge in [-0.2, -0.15) is 5.26 Å². The van der Waals surface area contributed by atoms with E-state index in [1.807, 2.05) is 13.0 Å².